The first kappa shape index (κ1) is 24.4. The second-order valence-electron chi connectivity index (χ2n) is 7.64. The van der Waals surface area contributed by atoms with Crippen LogP contribution in [0.4, 0.5) is 5.69 Å². The van der Waals surface area contributed by atoms with Crippen molar-refractivity contribution < 1.29 is 0 Å². The number of nitrogens with zero attached hydrogens (tertiary/aromatic N) is 4. The van der Waals surface area contributed by atoms with Crippen molar-refractivity contribution in [2.75, 3.05) is 50.7 Å². The number of aliphatic imine (C=N–C) groups is 1. The maximum Gasteiger partial charge on any atom is 0.188 e. The van der Waals surface area contributed by atoms with Gasteiger partial charge in [-0.05, 0) is 56.1 Å². The van der Waals surface area contributed by atoms with Gasteiger partial charge in [-0.2, -0.15) is 0 Å². The molecule has 0 spiro atoms. The van der Waals surface area contributed by atoms with Crippen LogP contribution < -0.4 is 16.0 Å². The molecule has 0 bridgehead atoms. The van der Waals surface area contributed by atoms with Crippen LogP contribution in [0.2, 0.25) is 0 Å². The number of hydrogen-bond donors (Lipinski definition) is 2. The quantitative estimate of drug-likeness (QED) is 0.229. The molecule has 3 rings (SSSR count). The molecule has 30 heavy (non-hydrogen) atoms. The summed E-state index contributed by atoms with van der Waals surface area (Å²) in [6.07, 6.45) is 4.90. The van der Waals surface area contributed by atoms with Gasteiger partial charge in [0.15, 0.2) is 5.96 Å². The molecule has 0 radical (unpaired) electrons. The van der Waals surface area contributed by atoms with Crippen molar-refractivity contribution in [1.82, 2.24) is 15.2 Å². The Morgan fingerprint density at radius 1 is 1.10 bits per heavy atom. The third kappa shape index (κ3) is 8.47. The summed E-state index contributed by atoms with van der Waals surface area (Å²) in [5, 5.41) is 3.17. The van der Waals surface area contributed by atoms with Gasteiger partial charge in [-0.3, -0.25) is 14.9 Å². The molecule has 1 aromatic heterocycles. The van der Waals surface area contributed by atoms with E-state index < -0.39 is 0 Å². The maximum atomic E-state index is 5.95. The van der Waals surface area contributed by atoms with Gasteiger partial charge in [0.25, 0.3) is 0 Å². The standard InChI is InChI=1S/C23H34N6.HI/c1-20-7-6-9-22(19-20)29-17-15-28(16-18-29)14-5-4-12-26-23(24)27-13-10-21-8-2-3-11-25-21;/h2-3,6-9,11,19H,4-5,10,12-18H2,1H3,(H3,24,26,27);1H. The summed E-state index contributed by atoms with van der Waals surface area (Å²) < 4.78 is 0. The molecule has 0 atom stereocenters. The molecule has 164 valence electrons. The Labute approximate surface area is 198 Å². The molecule has 1 fully saturated rings. The van der Waals surface area contributed by atoms with Gasteiger partial charge in [0, 0.05) is 63.3 Å². The normalized spacial score (nSPS) is 15.0. The number of nitrogens with two attached hydrogens (primary N) is 1. The van der Waals surface area contributed by atoms with Crippen molar-refractivity contribution in [2.24, 2.45) is 10.7 Å². The van der Waals surface area contributed by atoms with E-state index in [-0.39, 0.29) is 24.0 Å². The van der Waals surface area contributed by atoms with Crippen LogP contribution in [-0.4, -0.2) is 61.7 Å². The summed E-state index contributed by atoms with van der Waals surface area (Å²) in [5.74, 6) is 0.535. The number of guanidine groups is 1. The highest BCUT2D eigenvalue weighted by Gasteiger charge is 2.16. The summed E-state index contributed by atoms with van der Waals surface area (Å²) in [6.45, 7) is 9.32. The number of aryl methyl sites for hydroxylation is 1. The number of piperazine rings is 1. The molecule has 7 heteroatoms. The number of nitrogens with one attached hydrogen (secondary N) is 1. The molecule has 0 saturated carbocycles. The topological polar surface area (TPSA) is 69.8 Å². The Morgan fingerprint density at radius 3 is 2.67 bits per heavy atom. The molecule has 2 heterocycles. The van der Waals surface area contributed by atoms with E-state index in [2.05, 4.69) is 56.3 Å². The maximum absolute atomic E-state index is 5.95. The number of unbranched alkanes of at least 4 members (excludes halogenated alkanes) is 1. The van der Waals surface area contributed by atoms with E-state index in [4.69, 9.17) is 5.73 Å². The minimum atomic E-state index is 0. The number of hydrogen-bond acceptors (Lipinski definition) is 4. The summed E-state index contributed by atoms with van der Waals surface area (Å²) >= 11 is 0. The lowest BCUT2D eigenvalue weighted by molar-refractivity contribution is 0.253. The highest BCUT2D eigenvalue weighted by Crippen LogP contribution is 2.17. The smallest absolute Gasteiger partial charge is 0.188 e. The van der Waals surface area contributed by atoms with E-state index in [0.29, 0.717) is 5.96 Å². The van der Waals surface area contributed by atoms with Crippen LogP contribution in [0.5, 0.6) is 0 Å². The number of anilines is 1. The van der Waals surface area contributed by atoms with E-state index in [1.807, 2.05) is 24.4 Å². The van der Waals surface area contributed by atoms with Crippen molar-refractivity contribution in [1.29, 1.82) is 0 Å². The zero-order valence-corrected chi connectivity index (χ0v) is 20.3. The molecule has 1 aliphatic heterocycles. The SMILES string of the molecule is Cc1cccc(N2CCN(CCCCN=C(N)NCCc3ccccn3)CC2)c1.I. The third-order valence-electron chi connectivity index (χ3n) is 5.32. The first-order valence-electron chi connectivity index (χ1n) is 10.7. The first-order valence-corrected chi connectivity index (χ1v) is 10.7. The van der Waals surface area contributed by atoms with Crippen molar-refractivity contribution >= 4 is 35.6 Å². The average Bonchev–Trinajstić information content (AvgIpc) is 2.75. The van der Waals surface area contributed by atoms with Crippen molar-refractivity contribution in [3.8, 4) is 0 Å². The monoisotopic (exact) mass is 522 g/mol. The lowest BCUT2D eigenvalue weighted by atomic mass is 10.2. The van der Waals surface area contributed by atoms with Gasteiger partial charge in [0.05, 0.1) is 0 Å². The van der Waals surface area contributed by atoms with Crippen LogP contribution in [0.25, 0.3) is 0 Å². The molecular weight excluding hydrogens is 487 g/mol. The second kappa shape index (κ2) is 13.4. The highest BCUT2D eigenvalue weighted by atomic mass is 127. The molecule has 1 aliphatic rings. The summed E-state index contributed by atoms with van der Waals surface area (Å²) in [4.78, 5) is 13.8. The molecule has 1 aromatic carbocycles. The van der Waals surface area contributed by atoms with Crippen molar-refractivity contribution in [3.05, 3.63) is 59.9 Å². The zero-order valence-electron chi connectivity index (χ0n) is 18.0. The Hall–Kier alpha value is -1.87. The lowest BCUT2D eigenvalue weighted by Gasteiger charge is -2.36. The second-order valence-corrected chi connectivity index (χ2v) is 7.64. The first-order chi connectivity index (χ1) is 14.2. The number of benzene rings is 1. The summed E-state index contributed by atoms with van der Waals surface area (Å²) in [7, 11) is 0. The minimum absolute atomic E-state index is 0. The van der Waals surface area contributed by atoms with Gasteiger partial charge in [0.1, 0.15) is 0 Å². The Balaban J connectivity index is 0.00000320. The number of aromatic nitrogens is 1. The minimum Gasteiger partial charge on any atom is -0.370 e. The fourth-order valence-corrected chi connectivity index (χ4v) is 3.62. The fraction of sp³-hybridized carbons (Fsp3) is 0.478. The largest absolute Gasteiger partial charge is 0.370 e. The molecule has 0 aliphatic carbocycles. The van der Waals surface area contributed by atoms with Gasteiger partial charge in [-0.1, -0.05) is 18.2 Å². The average molecular weight is 522 g/mol. The van der Waals surface area contributed by atoms with Crippen LogP contribution in [-0.2, 0) is 6.42 Å². The van der Waals surface area contributed by atoms with Crippen LogP contribution in [0.15, 0.2) is 53.7 Å². The molecule has 0 unspecified atom stereocenters. The Morgan fingerprint density at radius 2 is 1.93 bits per heavy atom. The molecular formula is C23H35IN6. The fourth-order valence-electron chi connectivity index (χ4n) is 3.62. The zero-order chi connectivity index (χ0) is 20.3. The predicted molar refractivity (Wildman–Crippen MR) is 137 cm³/mol. The molecule has 0 amide bonds. The van der Waals surface area contributed by atoms with Crippen molar-refractivity contribution in [3.63, 3.8) is 0 Å². The van der Waals surface area contributed by atoms with Gasteiger partial charge < -0.3 is 16.0 Å². The van der Waals surface area contributed by atoms with Gasteiger partial charge in [0.2, 0.25) is 0 Å². The number of halogens is 1. The molecule has 6 nitrogen and oxygen atoms in total. The van der Waals surface area contributed by atoms with Crippen LogP contribution in [0, 0.1) is 6.92 Å². The van der Waals surface area contributed by atoms with Crippen LogP contribution in [0.3, 0.4) is 0 Å². The molecule has 2 aromatic rings. The Bertz CT molecular complexity index is 759. The highest BCUT2D eigenvalue weighted by molar-refractivity contribution is 14.0. The van der Waals surface area contributed by atoms with Crippen LogP contribution in [0.1, 0.15) is 24.1 Å². The summed E-state index contributed by atoms with van der Waals surface area (Å²) in [5.41, 5.74) is 9.69. The number of rotatable bonds is 9. The summed E-state index contributed by atoms with van der Waals surface area (Å²) in [6, 6.07) is 14.8. The van der Waals surface area contributed by atoms with E-state index >= 15 is 0 Å². The van der Waals surface area contributed by atoms with E-state index in [0.717, 1.165) is 70.8 Å². The van der Waals surface area contributed by atoms with Gasteiger partial charge in [-0.25, -0.2) is 0 Å². The Kier molecular flexibility index (Phi) is 10.9. The van der Waals surface area contributed by atoms with Crippen molar-refractivity contribution in [2.45, 2.75) is 26.2 Å². The number of pyridine rings is 1. The predicted octanol–water partition coefficient (Wildman–Crippen LogP) is 3.06. The van der Waals surface area contributed by atoms with Crippen LogP contribution >= 0.6 is 24.0 Å². The third-order valence-corrected chi connectivity index (χ3v) is 5.32. The van der Waals surface area contributed by atoms with E-state index in [9.17, 15) is 0 Å². The molecule has 1 saturated heterocycles. The van der Waals surface area contributed by atoms with Gasteiger partial charge in [-0.15, -0.1) is 24.0 Å². The lowest BCUT2D eigenvalue weighted by Crippen LogP contribution is -2.46. The molecule has 3 N–H and O–H groups in total. The van der Waals surface area contributed by atoms with E-state index in [1.54, 1.807) is 0 Å². The van der Waals surface area contributed by atoms with Gasteiger partial charge >= 0.3 is 0 Å². The van der Waals surface area contributed by atoms with E-state index in [1.165, 1.54) is 11.3 Å².